The third kappa shape index (κ3) is 3.34. The van der Waals surface area contributed by atoms with Gasteiger partial charge in [0.2, 0.25) is 5.91 Å². The lowest BCUT2D eigenvalue weighted by Crippen LogP contribution is -2.35. The average molecular weight is 349 g/mol. The molecule has 0 spiro atoms. The van der Waals surface area contributed by atoms with Gasteiger partial charge < -0.3 is 10.2 Å². The van der Waals surface area contributed by atoms with Crippen LogP contribution in [0.25, 0.3) is 0 Å². The van der Waals surface area contributed by atoms with Gasteiger partial charge in [0.15, 0.2) is 0 Å². The predicted octanol–water partition coefficient (Wildman–Crippen LogP) is 3.66. The van der Waals surface area contributed by atoms with Crippen molar-refractivity contribution in [1.29, 1.82) is 0 Å². The molecular weight excluding hydrogens is 326 g/mol. The molecule has 0 radical (unpaired) electrons. The molecule has 2 aromatic rings. The summed E-state index contributed by atoms with van der Waals surface area (Å²) in [6.07, 6.45) is 7.43. The van der Waals surface area contributed by atoms with E-state index in [1.807, 2.05) is 25.1 Å². The van der Waals surface area contributed by atoms with Gasteiger partial charge in [0.1, 0.15) is 0 Å². The Morgan fingerprint density at radius 1 is 1.27 bits per heavy atom. The fraction of sp³-hybridized carbons (Fsp3) is 0.381. The second kappa shape index (κ2) is 6.90. The predicted molar refractivity (Wildman–Crippen MR) is 101 cm³/mol. The van der Waals surface area contributed by atoms with Crippen molar-refractivity contribution in [2.45, 2.75) is 32.6 Å². The lowest BCUT2D eigenvalue weighted by Gasteiger charge is -2.30. The van der Waals surface area contributed by atoms with Crippen molar-refractivity contribution >= 4 is 23.2 Å². The molecule has 26 heavy (non-hydrogen) atoms. The Morgan fingerprint density at radius 2 is 2.12 bits per heavy atom. The largest absolute Gasteiger partial charge is 0.326 e. The number of nitrogens with one attached hydrogen (secondary N) is 1. The van der Waals surface area contributed by atoms with Gasteiger partial charge in [-0.1, -0.05) is 13.0 Å². The molecule has 1 aromatic carbocycles. The summed E-state index contributed by atoms with van der Waals surface area (Å²) in [5.74, 6) is 0.581. The van der Waals surface area contributed by atoms with Gasteiger partial charge in [0, 0.05) is 36.2 Å². The number of aryl methyl sites for hydroxylation is 1. The zero-order valence-electron chi connectivity index (χ0n) is 14.9. The van der Waals surface area contributed by atoms with Crippen LogP contribution in [0.5, 0.6) is 0 Å². The van der Waals surface area contributed by atoms with Gasteiger partial charge in [0.25, 0.3) is 5.91 Å². The minimum Gasteiger partial charge on any atom is -0.326 e. The molecule has 1 N–H and O–H groups in total. The minimum absolute atomic E-state index is 0.0409. The topological polar surface area (TPSA) is 62.3 Å². The van der Waals surface area contributed by atoms with E-state index in [0.717, 1.165) is 42.6 Å². The van der Waals surface area contributed by atoms with E-state index >= 15 is 0 Å². The highest BCUT2D eigenvalue weighted by atomic mass is 16.2. The van der Waals surface area contributed by atoms with Gasteiger partial charge in [-0.25, -0.2) is 0 Å². The van der Waals surface area contributed by atoms with Gasteiger partial charge in [0.05, 0.1) is 5.56 Å². The summed E-state index contributed by atoms with van der Waals surface area (Å²) in [7, 11) is 0. The Kier molecular flexibility index (Phi) is 4.45. The molecule has 5 heteroatoms. The first kappa shape index (κ1) is 16.8. The Bertz CT molecular complexity index is 830. The van der Waals surface area contributed by atoms with Gasteiger partial charge in [-0.05, 0) is 61.4 Å². The molecule has 1 fully saturated rings. The molecule has 1 aromatic heterocycles. The smallest absolute Gasteiger partial charge is 0.259 e. The molecule has 0 saturated heterocycles. The molecule has 0 bridgehead atoms. The van der Waals surface area contributed by atoms with Crippen molar-refractivity contribution < 1.29 is 9.59 Å². The first-order valence-electron chi connectivity index (χ1n) is 9.29. The Balaban J connectivity index is 1.58. The summed E-state index contributed by atoms with van der Waals surface area (Å²) in [6.45, 7) is 2.67. The highest BCUT2D eigenvalue weighted by Crippen LogP contribution is 2.37. The number of rotatable bonds is 4. The molecule has 4 rings (SSSR count). The van der Waals surface area contributed by atoms with Crippen LogP contribution in [0.3, 0.4) is 0 Å². The maximum absolute atomic E-state index is 12.9. The number of nitrogens with zero attached hydrogens (tertiary/aromatic N) is 2. The van der Waals surface area contributed by atoms with E-state index < -0.39 is 0 Å². The summed E-state index contributed by atoms with van der Waals surface area (Å²) >= 11 is 0. The van der Waals surface area contributed by atoms with E-state index in [9.17, 15) is 9.59 Å². The summed E-state index contributed by atoms with van der Waals surface area (Å²) in [4.78, 5) is 31.2. The van der Waals surface area contributed by atoms with E-state index in [1.54, 1.807) is 29.4 Å². The van der Waals surface area contributed by atoms with E-state index in [2.05, 4.69) is 10.3 Å². The first-order valence-corrected chi connectivity index (χ1v) is 9.29. The highest BCUT2D eigenvalue weighted by molar-refractivity contribution is 6.07. The average Bonchev–Trinajstić information content (AvgIpc) is 3.52. The van der Waals surface area contributed by atoms with E-state index in [0.29, 0.717) is 18.0 Å². The van der Waals surface area contributed by atoms with Crippen molar-refractivity contribution in [2.24, 2.45) is 11.8 Å². The molecular formula is C21H23N3O2. The highest BCUT2D eigenvalue weighted by Gasteiger charge is 2.32. The molecule has 1 unspecified atom stereocenters. The maximum Gasteiger partial charge on any atom is 0.259 e. The van der Waals surface area contributed by atoms with Crippen LogP contribution in [0.2, 0.25) is 0 Å². The number of hydrogen-bond acceptors (Lipinski definition) is 3. The maximum atomic E-state index is 12.9. The van der Waals surface area contributed by atoms with Gasteiger partial charge >= 0.3 is 0 Å². The lowest BCUT2D eigenvalue weighted by molar-refractivity contribution is -0.119. The second-order valence-electron chi connectivity index (χ2n) is 7.26. The molecule has 2 heterocycles. The number of fused-ring (bicyclic) bond motifs is 1. The molecule has 1 aliphatic heterocycles. The lowest BCUT2D eigenvalue weighted by atomic mass is 10.00. The number of benzene rings is 1. The SMILES string of the molecule is CC(C(=O)Nc1ccc2c(c1)N(C(=O)c1cccnc1)CCC2)C1CC1. The fourth-order valence-corrected chi connectivity index (χ4v) is 3.57. The van der Waals surface area contributed by atoms with Crippen LogP contribution in [-0.2, 0) is 11.2 Å². The monoisotopic (exact) mass is 349 g/mol. The van der Waals surface area contributed by atoms with Crippen LogP contribution in [0.15, 0.2) is 42.7 Å². The Morgan fingerprint density at radius 3 is 2.85 bits per heavy atom. The summed E-state index contributed by atoms with van der Waals surface area (Å²) in [5, 5.41) is 3.02. The zero-order valence-corrected chi connectivity index (χ0v) is 14.9. The van der Waals surface area contributed by atoms with Crippen molar-refractivity contribution in [3.05, 3.63) is 53.9 Å². The van der Waals surface area contributed by atoms with Crippen LogP contribution in [0, 0.1) is 11.8 Å². The molecule has 1 aliphatic carbocycles. The minimum atomic E-state index is -0.0473. The van der Waals surface area contributed by atoms with E-state index in [4.69, 9.17) is 0 Å². The summed E-state index contributed by atoms with van der Waals surface area (Å²) in [5.41, 5.74) is 3.37. The number of anilines is 2. The van der Waals surface area contributed by atoms with Gasteiger partial charge in [-0.15, -0.1) is 0 Å². The molecule has 1 atom stereocenters. The first-order chi connectivity index (χ1) is 12.6. The van der Waals surface area contributed by atoms with Crippen molar-refractivity contribution in [1.82, 2.24) is 4.98 Å². The van der Waals surface area contributed by atoms with Crippen molar-refractivity contribution in [3.63, 3.8) is 0 Å². The quantitative estimate of drug-likeness (QED) is 0.916. The van der Waals surface area contributed by atoms with E-state index in [-0.39, 0.29) is 17.7 Å². The molecule has 2 aliphatic rings. The standard InChI is InChI=1S/C21H23N3O2/c1-14(15-6-7-15)20(25)23-18-9-8-16-5-3-11-24(19(16)12-18)21(26)17-4-2-10-22-13-17/h2,4,8-10,12-15H,3,5-7,11H2,1H3,(H,23,25). The Labute approximate surface area is 153 Å². The fourth-order valence-electron chi connectivity index (χ4n) is 3.57. The van der Waals surface area contributed by atoms with Crippen LogP contribution in [0.1, 0.15) is 42.1 Å². The van der Waals surface area contributed by atoms with Gasteiger partial charge in [-0.3, -0.25) is 14.6 Å². The van der Waals surface area contributed by atoms with E-state index in [1.165, 1.54) is 0 Å². The summed E-state index contributed by atoms with van der Waals surface area (Å²) < 4.78 is 0. The number of carbonyl (C=O) groups excluding carboxylic acids is 2. The van der Waals surface area contributed by atoms with Crippen LogP contribution < -0.4 is 10.2 Å². The molecule has 2 amide bonds. The number of aromatic nitrogens is 1. The van der Waals surface area contributed by atoms with Crippen LogP contribution in [-0.4, -0.2) is 23.3 Å². The Hall–Kier alpha value is -2.69. The third-order valence-electron chi connectivity index (χ3n) is 5.37. The number of carbonyl (C=O) groups is 2. The van der Waals surface area contributed by atoms with Crippen LogP contribution in [0.4, 0.5) is 11.4 Å². The zero-order chi connectivity index (χ0) is 18.1. The number of hydrogen-bond donors (Lipinski definition) is 1. The van der Waals surface area contributed by atoms with Crippen molar-refractivity contribution in [2.75, 3.05) is 16.8 Å². The molecule has 5 nitrogen and oxygen atoms in total. The third-order valence-corrected chi connectivity index (χ3v) is 5.37. The summed E-state index contributed by atoms with van der Waals surface area (Å²) in [6, 6.07) is 9.45. The molecule has 134 valence electrons. The van der Waals surface area contributed by atoms with Gasteiger partial charge in [-0.2, -0.15) is 0 Å². The van der Waals surface area contributed by atoms with Crippen molar-refractivity contribution in [3.8, 4) is 0 Å². The number of pyridine rings is 1. The van der Waals surface area contributed by atoms with Crippen LogP contribution >= 0.6 is 0 Å². The normalized spacial score (nSPS) is 17.3. The second-order valence-corrected chi connectivity index (χ2v) is 7.26. The number of amides is 2. The molecule has 1 saturated carbocycles.